The summed E-state index contributed by atoms with van der Waals surface area (Å²) in [4.78, 5) is 0. The quantitative estimate of drug-likeness (QED) is 0.808. The lowest BCUT2D eigenvalue weighted by Gasteiger charge is -2.19. The Morgan fingerprint density at radius 2 is 1.88 bits per heavy atom. The lowest BCUT2D eigenvalue weighted by molar-refractivity contribution is 0.527. The van der Waals surface area contributed by atoms with Crippen LogP contribution in [-0.4, -0.2) is 15.8 Å². The number of nitrogens with one attached hydrogen (secondary N) is 1. The number of aromatic nitrogens is 2. The first-order chi connectivity index (χ1) is 7.51. The van der Waals surface area contributed by atoms with Crippen molar-refractivity contribution in [3.05, 3.63) is 5.69 Å². The monoisotopic (exact) mass is 224 g/mol. The lowest BCUT2D eigenvalue weighted by Crippen LogP contribution is -2.21. The summed E-state index contributed by atoms with van der Waals surface area (Å²) in [5, 5.41) is 7.95. The van der Waals surface area contributed by atoms with Crippen LogP contribution in [0.5, 0.6) is 0 Å². The van der Waals surface area contributed by atoms with Crippen LogP contribution in [0.1, 0.15) is 52.3 Å². The molecule has 1 rings (SSSR count). The first-order valence-electron chi connectivity index (χ1n) is 6.12. The second-order valence-electron chi connectivity index (χ2n) is 4.54. The summed E-state index contributed by atoms with van der Waals surface area (Å²) in [6, 6.07) is 0.795. The van der Waals surface area contributed by atoms with Crippen molar-refractivity contribution in [2.24, 2.45) is 0 Å². The van der Waals surface area contributed by atoms with Gasteiger partial charge in [0.25, 0.3) is 0 Å². The summed E-state index contributed by atoms with van der Waals surface area (Å²) in [7, 11) is 0. The molecule has 0 saturated heterocycles. The summed E-state index contributed by atoms with van der Waals surface area (Å²) >= 11 is 0. The van der Waals surface area contributed by atoms with E-state index < -0.39 is 0 Å². The third kappa shape index (κ3) is 2.49. The second kappa shape index (κ2) is 5.23. The minimum absolute atomic E-state index is 0.327. The van der Waals surface area contributed by atoms with Gasteiger partial charge >= 0.3 is 0 Å². The van der Waals surface area contributed by atoms with E-state index in [1.807, 2.05) is 11.6 Å². The number of aryl methyl sites for hydroxylation is 1. The molecule has 1 aromatic heterocycles. The molecule has 3 N–H and O–H groups in total. The van der Waals surface area contributed by atoms with Crippen LogP contribution in [-0.2, 0) is 0 Å². The van der Waals surface area contributed by atoms with Crippen LogP contribution in [0.2, 0.25) is 0 Å². The molecule has 0 radical (unpaired) electrons. The van der Waals surface area contributed by atoms with Crippen LogP contribution < -0.4 is 11.1 Å². The fraction of sp³-hybridized carbons (Fsp3) is 0.750. The Kier molecular flexibility index (Phi) is 4.21. The zero-order valence-electron chi connectivity index (χ0n) is 11.0. The van der Waals surface area contributed by atoms with Crippen LogP contribution >= 0.6 is 0 Å². The van der Waals surface area contributed by atoms with E-state index in [1.54, 1.807) is 0 Å². The van der Waals surface area contributed by atoms with Crippen LogP contribution in [0.4, 0.5) is 11.5 Å². The third-order valence-electron chi connectivity index (χ3n) is 2.95. The maximum Gasteiger partial charge on any atom is 0.148 e. The smallest absolute Gasteiger partial charge is 0.148 e. The van der Waals surface area contributed by atoms with Crippen LogP contribution in [0, 0.1) is 6.92 Å². The lowest BCUT2D eigenvalue weighted by atomic mass is 10.2. The van der Waals surface area contributed by atoms with Crippen molar-refractivity contribution < 1.29 is 0 Å². The molecule has 0 saturated carbocycles. The Balaban J connectivity index is 3.01. The highest BCUT2D eigenvalue weighted by Crippen LogP contribution is 2.26. The van der Waals surface area contributed by atoms with Crippen molar-refractivity contribution in [2.45, 2.75) is 59.5 Å². The van der Waals surface area contributed by atoms with Crippen molar-refractivity contribution in [3.63, 3.8) is 0 Å². The van der Waals surface area contributed by atoms with Crippen LogP contribution in [0.15, 0.2) is 0 Å². The summed E-state index contributed by atoms with van der Waals surface area (Å²) in [5.41, 5.74) is 7.74. The van der Waals surface area contributed by atoms with Gasteiger partial charge in [-0.15, -0.1) is 0 Å². The summed E-state index contributed by atoms with van der Waals surface area (Å²) in [6.07, 6.45) is 2.19. The van der Waals surface area contributed by atoms with Gasteiger partial charge in [-0.05, 0) is 33.6 Å². The van der Waals surface area contributed by atoms with Gasteiger partial charge in [-0.2, -0.15) is 5.10 Å². The van der Waals surface area contributed by atoms with Gasteiger partial charge < -0.3 is 11.1 Å². The van der Waals surface area contributed by atoms with E-state index in [0.29, 0.717) is 12.1 Å². The highest BCUT2D eigenvalue weighted by molar-refractivity contribution is 5.65. The molecule has 0 fully saturated rings. The number of nitrogen functional groups attached to an aromatic ring is 1. The standard InChI is InChI=1S/C12H24N4/c1-6-10(7-2)14-12-11(13)9(5)15-16(12)8(3)4/h8,10,14H,6-7,13H2,1-5H3. The van der Waals surface area contributed by atoms with E-state index in [0.717, 1.165) is 30.0 Å². The molecular weight excluding hydrogens is 200 g/mol. The normalized spacial score (nSPS) is 11.4. The summed E-state index contributed by atoms with van der Waals surface area (Å²) in [5.74, 6) is 0.973. The Labute approximate surface area is 98.2 Å². The molecule has 0 atom stereocenters. The molecule has 0 aliphatic carbocycles. The van der Waals surface area contributed by atoms with E-state index in [2.05, 4.69) is 38.1 Å². The third-order valence-corrected chi connectivity index (χ3v) is 2.95. The summed E-state index contributed by atoms with van der Waals surface area (Å²) < 4.78 is 1.98. The molecular formula is C12H24N4. The minimum atomic E-state index is 0.327. The van der Waals surface area contributed by atoms with Gasteiger partial charge in [-0.1, -0.05) is 13.8 Å². The predicted octanol–water partition coefficient (Wildman–Crippen LogP) is 2.96. The van der Waals surface area contributed by atoms with Crippen molar-refractivity contribution >= 4 is 11.5 Å². The van der Waals surface area contributed by atoms with E-state index in [9.17, 15) is 0 Å². The maximum atomic E-state index is 6.05. The van der Waals surface area contributed by atoms with Gasteiger partial charge in [0.15, 0.2) is 0 Å². The molecule has 4 heteroatoms. The van der Waals surface area contributed by atoms with Crippen molar-refractivity contribution in [3.8, 4) is 0 Å². The number of nitrogens with two attached hydrogens (primary N) is 1. The Morgan fingerprint density at radius 3 is 2.31 bits per heavy atom. The fourth-order valence-corrected chi connectivity index (χ4v) is 1.76. The van der Waals surface area contributed by atoms with E-state index in [4.69, 9.17) is 5.73 Å². The molecule has 0 aliphatic rings. The molecule has 0 unspecified atom stereocenters. The van der Waals surface area contributed by atoms with Gasteiger partial charge in [-0.3, -0.25) is 0 Å². The van der Waals surface area contributed by atoms with E-state index in [-0.39, 0.29) is 0 Å². The van der Waals surface area contributed by atoms with Crippen molar-refractivity contribution in [1.29, 1.82) is 0 Å². The van der Waals surface area contributed by atoms with Crippen LogP contribution in [0.3, 0.4) is 0 Å². The van der Waals surface area contributed by atoms with Gasteiger partial charge in [0.05, 0.1) is 11.4 Å². The number of rotatable bonds is 5. The van der Waals surface area contributed by atoms with Crippen molar-refractivity contribution in [2.75, 3.05) is 11.1 Å². The molecule has 0 bridgehead atoms. The maximum absolute atomic E-state index is 6.05. The molecule has 16 heavy (non-hydrogen) atoms. The van der Waals surface area contributed by atoms with Gasteiger partial charge in [0.1, 0.15) is 5.82 Å². The first-order valence-corrected chi connectivity index (χ1v) is 6.12. The Bertz CT molecular complexity index is 337. The number of nitrogens with zero attached hydrogens (tertiary/aromatic N) is 2. The SMILES string of the molecule is CCC(CC)Nc1c(N)c(C)nn1C(C)C. The van der Waals surface area contributed by atoms with Gasteiger partial charge in [0.2, 0.25) is 0 Å². The molecule has 0 aromatic carbocycles. The second-order valence-corrected chi connectivity index (χ2v) is 4.54. The Morgan fingerprint density at radius 1 is 1.31 bits per heavy atom. The summed E-state index contributed by atoms with van der Waals surface area (Å²) in [6.45, 7) is 10.5. The molecule has 92 valence electrons. The van der Waals surface area contributed by atoms with Crippen molar-refractivity contribution in [1.82, 2.24) is 9.78 Å². The molecule has 0 spiro atoms. The molecule has 0 amide bonds. The van der Waals surface area contributed by atoms with Crippen LogP contribution in [0.25, 0.3) is 0 Å². The Hall–Kier alpha value is -1.19. The number of hydrogen-bond acceptors (Lipinski definition) is 3. The molecule has 0 aliphatic heterocycles. The first kappa shape index (κ1) is 12.9. The number of anilines is 2. The topological polar surface area (TPSA) is 55.9 Å². The minimum Gasteiger partial charge on any atom is -0.394 e. The fourth-order valence-electron chi connectivity index (χ4n) is 1.76. The number of hydrogen-bond donors (Lipinski definition) is 2. The van der Waals surface area contributed by atoms with E-state index >= 15 is 0 Å². The van der Waals surface area contributed by atoms with E-state index in [1.165, 1.54) is 0 Å². The average molecular weight is 224 g/mol. The molecule has 4 nitrogen and oxygen atoms in total. The highest BCUT2D eigenvalue weighted by Gasteiger charge is 2.16. The van der Waals surface area contributed by atoms with Gasteiger partial charge in [-0.25, -0.2) is 4.68 Å². The average Bonchev–Trinajstić information content (AvgIpc) is 2.53. The largest absolute Gasteiger partial charge is 0.394 e. The molecule has 1 aromatic rings. The molecule has 1 heterocycles. The highest BCUT2D eigenvalue weighted by atomic mass is 15.4. The van der Waals surface area contributed by atoms with Gasteiger partial charge in [0, 0.05) is 12.1 Å². The zero-order valence-corrected chi connectivity index (χ0v) is 11.0. The zero-order chi connectivity index (χ0) is 12.3. The predicted molar refractivity (Wildman–Crippen MR) is 69.8 cm³/mol.